The minimum atomic E-state index is -1.45. The monoisotopic (exact) mass is 549 g/mol. The van der Waals surface area contributed by atoms with Gasteiger partial charge in [-0.1, -0.05) is 80.6 Å². The van der Waals surface area contributed by atoms with E-state index in [9.17, 15) is 14.9 Å². The third kappa shape index (κ3) is 5.10. The third-order valence-electron chi connectivity index (χ3n) is 7.18. The van der Waals surface area contributed by atoms with E-state index >= 15 is 0 Å². The van der Waals surface area contributed by atoms with Crippen LogP contribution in [-0.2, 0) is 15.2 Å². The van der Waals surface area contributed by atoms with E-state index in [1.165, 1.54) is 24.3 Å². The first-order chi connectivity index (χ1) is 19.6. The van der Waals surface area contributed by atoms with Gasteiger partial charge in [0.25, 0.3) is 5.69 Å². The molecule has 1 unspecified atom stereocenters. The molecule has 41 heavy (non-hydrogen) atoms. The van der Waals surface area contributed by atoms with Crippen LogP contribution in [-0.4, -0.2) is 22.2 Å². The van der Waals surface area contributed by atoms with Crippen LogP contribution < -0.4 is 9.80 Å². The molecule has 0 bridgehead atoms. The van der Waals surface area contributed by atoms with Crippen LogP contribution in [0.25, 0.3) is 0 Å². The zero-order valence-electron chi connectivity index (χ0n) is 23.4. The van der Waals surface area contributed by atoms with Gasteiger partial charge in [0.1, 0.15) is 11.3 Å². The van der Waals surface area contributed by atoms with Gasteiger partial charge in [-0.15, -0.1) is 0 Å². The molecular weight excluding hydrogens is 518 g/mol. The lowest BCUT2D eigenvalue weighted by Crippen LogP contribution is -2.56. The Morgan fingerprint density at radius 1 is 0.878 bits per heavy atom. The Labute approximate surface area is 239 Å². The highest BCUT2D eigenvalue weighted by Crippen LogP contribution is 2.51. The Morgan fingerprint density at radius 3 is 2.07 bits per heavy atom. The van der Waals surface area contributed by atoms with Crippen molar-refractivity contribution < 1.29 is 19.3 Å². The molecule has 1 aliphatic heterocycles. The summed E-state index contributed by atoms with van der Waals surface area (Å²) in [6.45, 7) is 7.51. The molecule has 0 spiro atoms. The lowest BCUT2D eigenvalue weighted by atomic mass is 9.76. The number of non-ortho nitro benzene ring substituents is 1. The summed E-state index contributed by atoms with van der Waals surface area (Å²) in [6.07, 6.45) is 0. The van der Waals surface area contributed by atoms with Crippen molar-refractivity contribution in [2.45, 2.75) is 38.8 Å². The molecule has 208 valence electrons. The average molecular weight is 550 g/mol. The maximum absolute atomic E-state index is 13.5. The smallest absolute Gasteiger partial charge is 0.345 e. The summed E-state index contributed by atoms with van der Waals surface area (Å²) < 4.78 is 5.63. The van der Waals surface area contributed by atoms with E-state index in [0.717, 1.165) is 28.2 Å². The van der Waals surface area contributed by atoms with Gasteiger partial charge in [-0.05, 0) is 55.7 Å². The summed E-state index contributed by atoms with van der Waals surface area (Å²) in [6, 6.07) is 33.0. The normalized spacial score (nSPS) is 17.5. The van der Waals surface area contributed by atoms with Crippen LogP contribution in [0.5, 0.6) is 5.75 Å². The number of para-hydroxylation sites is 2. The van der Waals surface area contributed by atoms with E-state index in [2.05, 4.69) is 13.8 Å². The average Bonchev–Trinajstić information content (AvgIpc) is 3.23. The fraction of sp³-hybridized carbons (Fsp3) is 0.212. The van der Waals surface area contributed by atoms with Crippen molar-refractivity contribution in [1.29, 1.82) is 0 Å². The van der Waals surface area contributed by atoms with Crippen LogP contribution in [0.1, 0.15) is 38.8 Å². The first kappa shape index (κ1) is 27.7. The van der Waals surface area contributed by atoms with E-state index in [1.54, 1.807) is 18.9 Å². The number of benzene rings is 4. The number of nitrogens with zero attached hydrogens (tertiary/aromatic N) is 3. The molecular formula is C33H31N3O5. The third-order valence-corrected chi connectivity index (χ3v) is 7.18. The molecule has 1 atom stereocenters. The molecule has 0 saturated carbocycles. The predicted octanol–water partition coefficient (Wildman–Crippen LogP) is 7.40. The summed E-state index contributed by atoms with van der Waals surface area (Å²) in [5, 5.41) is 12.8. The first-order valence-corrected chi connectivity index (χ1v) is 13.4. The summed E-state index contributed by atoms with van der Waals surface area (Å²) in [4.78, 5) is 35.9. The van der Waals surface area contributed by atoms with Crippen molar-refractivity contribution >= 4 is 28.7 Å². The van der Waals surface area contributed by atoms with Gasteiger partial charge in [-0.25, -0.2) is 14.9 Å². The largest absolute Gasteiger partial charge is 0.424 e. The number of hydrogen-bond donors (Lipinski definition) is 0. The molecule has 5 rings (SSSR count). The SMILES string of the molecule is CC(C)C1(c2ccccc2)C(=Nc2ccccc2)c2ccccc2N1OC(C)(C)C(=O)Oc1ccc([N+](=O)[O-])cc1. The molecule has 4 aromatic carbocycles. The zero-order valence-corrected chi connectivity index (χ0v) is 23.4. The maximum Gasteiger partial charge on any atom is 0.345 e. The number of nitro benzene ring substituents is 1. The standard InChI is InChI=1S/C33H31N3O5/c1-23(2)33(24-13-7-5-8-14-24)30(34-25-15-9-6-10-16-25)28-17-11-12-18-29(28)35(33)41-32(3,4)31(37)40-27-21-19-26(20-22-27)36(38)39/h5-23H,1-4H3. The molecule has 4 aromatic rings. The van der Waals surface area contributed by atoms with E-state index in [1.807, 2.05) is 84.9 Å². The molecule has 0 radical (unpaired) electrons. The summed E-state index contributed by atoms with van der Waals surface area (Å²) in [5.41, 5.74) is 1.79. The molecule has 0 amide bonds. The first-order valence-electron chi connectivity index (χ1n) is 13.4. The number of rotatable bonds is 8. The van der Waals surface area contributed by atoms with Crippen molar-refractivity contribution in [3.05, 3.63) is 130 Å². The predicted molar refractivity (Wildman–Crippen MR) is 158 cm³/mol. The van der Waals surface area contributed by atoms with Gasteiger partial charge < -0.3 is 4.74 Å². The number of esters is 1. The molecule has 0 aliphatic carbocycles. The van der Waals surface area contributed by atoms with Crippen molar-refractivity contribution in [2.75, 3.05) is 5.06 Å². The van der Waals surface area contributed by atoms with Gasteiger partial charge >= 0.3 is 5.97 Å². The van der Waals surface area contributed by atoms with Gasteiger partial charge in [-0.2, -0.15) is 0 Å². The van der Waals surface area contributed by atoms with Gasteiger partial charge in [0.15, 0.2) is 5.60 Å². The highest BCUT2D eigenvalue weighted by Gasteiger charge is 2.56. The van der Waals surface area contributed by atoms with E-state index in [0.29, 0.717) is 0 Å². The minimum absolute atomic E-state index is 0.0544. The van der Waals surface area contributed by atoms with Crippen LogP contribution in [0.4, 0.5) is 17.1 Å². The number of anilines is 1. The van der Waals surface area contributed by atoms with Gasteiger partial charge in [0, 0.05) is 17.7 Å². The zero-order chi connectivity index (χ0) is 29.2. The molecule has 0 N–H and O–H groups in total. The highest BCUT2D eigenvalue weighted by atomic mass is 16.7. The Morgan fingerprint density at radius 2 is 1.46 bits per heavy atom. The molecule has 1 aliphatic rings. The maximum atomic E-state index is 13.5. The molecule has 8 nitrogen and oxygen atoms in total. The summed E-state index contributed by atoms with van der Waals surface area (Å²) in [5.74, 6) is -0.520. The van der Waals surface area contributed by atoms with Gasteiger partial charge in [0.05, 0.1) is 22.0 Å². The van der Waals surface area contributed by atoms with Crippen molar-refractivity contribution in [2.24, 2.45) is 10.9 Å². The minimum Gasteiger partial charge on any atom is -0.424 e. The molecule has 0 saturated heterocycles. The van der Waals surface area contributed by atoms with Crippen LogP contribution in [0.2, 0.25) is 0 Å². The van der Waals surface area contributed by atoms with Crippen molar-refractivity contribution in [1.82, 2.24) is 0 Å². The second kappa shape index (κ2) is 11.0. The van der Waals surface area contributed by atoms with Gasteiger partial charge in [0.2, 0.25) is 0 Å². The second-order valence-corrected chi connectivity index (χ2v) is 10.6. The Kier molecular flexibility index (Phi) is 7.43. The number of hydrogen-bond acceptors (Lipinski definition) is 7. The fourth-order valence-corrected chi connectivity index (χ4v) is 5.16. The number of fused-ring (bicyclic) bond motifs is 1. The second-order valence-electron chi connectivity index (χ2n) is 10.6. The van der Waals surface area contributed by atoms with Crippen LogP contribution in [0, 0.1) is 16.0 Å². The summed E-state index contributed by atoms with van der Waals surface area (Å²) in [7, 11) is 0. The Bertz CT molecular complexity index is 1580. The number of aliphatic imine (C=N–C) groups is 1. The van der Waals surface area contributed by atoms with E-state index < -0.39 is 22.0 Å². The van der Waals surface area contributed by atoms with Crippen molar-refractivity contribution in [3.8, 4) is 5.75 Å². The van der Waals surface area contributed by atoms with Crippen LogP contribution >= 0.6 is 0 Å². The fourth-order valence-electron chi connectivity index (χ4n) is 5.16. The molecule has 0 fully saturated rings. The Balaban J connectivity index is 1.61. The molecule has 1 heterocycles. The molecule has 0 aromatic heterocycles. The van der Waals surface area contributed by atoms with Crippen LogP contribution in [0.3, 0.4) is 0 Å². The van der Waals surface area contributed by atoms with E-state index in [4.69, 9.17) is 14.6 Å². The highest BCUT2D eigenvalue weighted by molar-refractivity contribution is 6.18. The Hall–Kier alpha value is -4.82. The number of ether oxygens (including phenoxy) is 1. The van der Waals surface area contributed by atoms with Crippen LogP contribution in [0.15, 0.2) is 114 Å². The van der Waals surface area contributed by atoms with Gasteiger partial charge in [-0.3, -0.25) is 15.0 Å². The topological polar surface area (TPSA) is 94.3 Å². The number of carbonyl (C=O) groups is 1. The summed E-state index contributed by atoms with van der Waals surface area (Å²) >= 11 is 0. The number of carbonyl (C=O) groups excluding carboxylic acids is 1. The number of hydroxylamine groups is 1. The number of nitro groups is 1. The quantitative estimate of drug-likeness (QED) is 0.0984. The van der Waals surface area contributed by atoms with E-state index in [-0.39, 0.29) is 17.4 Å². The lowest BCUT2D eigenvalue weighted by Gasteiger charge is -2.45. The van der Waals surface area contributed by atoms with Crippen molar-refractivity contribution in [3.63, 3.8) is 0 Å². The molecule has 8 heteroatoms. The lowest BCUT2D eigenvalue weighted by molar-refractivity contribution is -0.384.